The van der Waals surface area contributed by atoms with Crippen LogP contribution in [0.5, 0.6) is 0 Å². The number of nitrogens with zero attached hydrogens (tertiary/aromatic N) is 2. The maximum absolute atomic E-state index is 14.7. The second-order valence-electron chi connectivity index (χ2n) is 6.15. The van der Waals surface area contributed by atoms with Gasteiger partial charge >= 0.3 is 0 Å². The molecular formula is C19H18FN3OS2. The van der Waals surface area contributed by atoms with Gasteiger partial charge in [0, 0.05) is 24.0 Å². The van der Waals surface area contributed by atoms with Crippen LogP contribution in [0.25, 0.3) is 22.4 Å². The van der Waals surface area contributed by atoms with Crippen molar-refractivity contribution in [2.45, 2.75) is 17.7 Å². The van der Waals surface area contributed by atoms with Crippen LogP contribution >= 0.6 is 11.3 Å². The number of nitrogen functional groups attached to an aromatic ring is 1. The van der Waals surface area contributed by atoms with Crippen LogP contribution in [0.3, 0.4) is 0 Å². The summed E-state index contributed by atoms with van der Waals surface area (Å²) in [5.74, 6) is -0.366. The van der Waals surface area contributed by atoms with Crippen LogP contribution in [-0.4, -0.2) is 26.6 Å². The molecule has 1 unspecified atom stereocenters. The van der Waals surface area contributed by atoms with Gasteiger partial charge < -0.3 is 5.73 Å². The van der Waals surface area contributed by atoms with E-state index in [-0.39, 0.29) is 5.82 Å². The molecule has 3 aromatic rings. The van der Waals surface area contributed by atoms with Gasteiger partial charge in [0.15, 0.2) is 5.13 Å². The van der Waals surface area contributed by atoms with E-state index in [0.717, 1.165) is 36.4 Å². The lowest BCUT2D eigenvalue weighted by Gasteiger charge is -2.17. The number of hydrogen-bond donors (Lipinski definition) is 1. The fraction of sp³-hybridized carbons (Fsp3) is 0.211. The summed E-state index contributed by atoms with van der Waals surface area (Å²) in [6, 6.07) is 12.5. The van der Waals surface area contributed by atoms with Crippen molar-refractivity contribution in [2.24, 2.45) is 0 Å². The summed E-state index contributed by atoms with van der Waals surface area (Å²) in [6.07, 6.45) is 2.13. The van der Waals surface area contributed by atoms with Crippen molar-refractivity contribution in [1.82, 2.24) is 9.29 Å². The van der Waals surface area contributed by atoms with Crippen LogP contribution in [0.1, 0.15) is 12.8 Å². The topological polar surface area (TPSA) is 59.2 Å². The van der Waals surface area contributed by atoms with Gasteiger partial charge in [-0.25, -0.2) is 17.9 Å². The summed E-state index contributed by atoms with van der Waals surface area (Å²) < 4.78 is 29.6. The monoisotopic (exact) mass is 387 g/mol. The quantitative estimate of drug-likeness (QED) is 0.725. The zero-order valence-corrected chi connectivity index (χ0v) is 15.7. The van der Waals surface area contributed by atoms with Crippen molar-refractivity contribution in [3.05, 3.63) is 53.7 Å². The van der Waals surface area contributed by atoms with E-state index < -0.39 is 11.0 Å². The highest BCUT2D eigenvalue weighted by Gasteiger charge is 2.22. The van der Waals surface area contributed by atoms with Gasteiger partial charge in [-0.15, -0.1) is 11.3 Å². The molecule has 2 heterocycles. The molecule has 7 heteroatoms. The Kier molecular flexibility index (Phi) is 4.84. The maximum atomic E-state index is 14.7. The third-order valence-electron chi connectivity index (χ3n) is 4.45. The molecular weight excluding hydrogens is 369 g/mol. The molecule has 2 aromatic carbocycles. The summed E-state index contributed by atoms with van der Waals surface area (Å²) in [6.45, 7) is 1.67. The fourth-order valence-corrected chi connectivity index (χ4v) is 5.15. The minimum Gasteiger partial charge on any atom is -0.375 e. The summed E-state index contributed by atoms with van der Waals surface area (Å²) >= 11 is 1.28. The standard InChI is InChI=1S/C19H18FN3OS2/c20-16-11-13(7-8-15(16)17-12-25-19(21)22-17)14-5-1-2-6-18(14)26(24)23-9-3-4-10-23/h1-2,5-8,11-12H,3-4,9-10H2,(H2,21,22). The predicted molar refractivity (Wildman–Crippen MR) is 105 cm³/mol. The van der Waals surface area contributed by atoms with Crippen LogP contribution < -0.4 is 5.73 Å². The average Bonchev–Trinajstić information content (AvgIpc) is 3.33. The molecule has 0 spiro atoms. The highest BCUT2D eigenvalue weighted by atomic mass is 32.2. The minimum absolute atomic E-state index is 0.366. The minimum atomic E-state index is -1.23. The number of halogens is 1. The van der Waals surface area contributed by atoms with E-state index in [9.17, 15) is 8.60 Å². The normalized spacial score (nSPS) is 16.0. The van der Waals surface area contributed by atoms with Crippen molar-refractivity contribution in [3.63, 3.8) is 0 Å². The van der Waals surface area contributed by atoms with Gasteiger partial charge in [-0.1, -0.05) is 24.3 Å². The van der Waals surface area contributed by atoms with Gasteiger partial charge in [-0.05, 0) is 42.2 Å². The van der Waals surface area contributed by atoms with Crippen LogP contribution in [0, 0.1) is 5.82 Å². The Morgan fingerprint density at radius 3 is 2.58 bits per heavy atom. The van der Waals surface area contributed by atoms with Gasteiger partial charge in [0.2, 0.25) is 0 Å². The number of hydrogen-bond acceptors (Lipinski definition) is 4. The first-order chi connectivity index (χ1) is 12.6. The molecule has 0 amide bonds. The summed E-state index contributed by atoms with van der Waals surface area (Å²) in [5.41, 5.74) is 8.09. The number of nitrogens with two attached hydrogens (primary N) is 1. The smallest absolute Gasteiger partial charge is 0.180 e. The second kappa shape index (κ2) is 7.26. The average molecular weight is 388 g/mol. The molecule has 1 aromatic heterocycles. The molecule has 4 nitrogen and oxygen atoms in total. The summed E-state index contributed by atoms with van der Waals surface area (Å²) in [5, 5.41) is 2.15. The van der Waals surface area contributed by atoms with Crippen LogP contribution in [0.4, 0.5) is 9.52 Å². The zero-order valence-electron chi connectivity index (χ0n) is 14.0. The first-order valence-electron chi connectivity index (χ1n) is 8.40. The number of anilines is 1. The highest BCUT2D eigenvalue weighted by Crippen LogP contribution is 2.32. The Bertz CT molecular complexity index is 967. The van der Waals surface area contributed by atoms with Crippen molar-refractivity contribution in [2.75, 3.05) is 18.8 Å². The Hall–Kier alpha value is -2.09. The van der Waals surface area contributed by atoms with Crippen molar-refractivity contribution < 1.29 is 8.60 Å². The largest absolute Gasteiger partial charge is 0.375 e. The molecule has 1 atom stereocenters. The van der Waals surface area contributed by atoms with Crippen molar-refractivity contribution in [3.8, 4) is 22.4 Å². The van der Waals surface area contributed by atoms with E-state index >= 15 is 0 Å². The first-order valence-corrected chi connectivity index (χ1v) is 10.4. The van der Waals surface area contributed by atoms with E-state index in [0.29, 0.717) is 22.0 Å². The van der Waals surface area contributed by atoms with Gasteiger partial charge in [-0.3, -0.25) is 0 Å². The first kappa shape index (κ1) is 17.3. The number of thiazole rings is 1. The molecule has 0 aliphatic carbocycles. The van der Waals surface area contributed by atoms with E-state index in [2.05, 4.69) is 4.98 Å². The molecule has 1 saturated heterocycles. The Balaban J connectivity index is 1.72. The molecule has 1 aliphatic heterocycles. The van der Waals surface area contributed by atoms with Crippen LogP contribution in [0.15, 0.2) is 52.7 Å². The molecule has 0 saturated carbocycles. The third-order valence-corrected chi connectivity index (χ3v) is 6.69. The fourth-order valence-electron chi connectivity index (χ4n) is 3.15. The van der Waals surface area contributed by atoms with E-state index in [1.165, 1.54) is 17.4 Å². The predicted octanol–water partition coefficient (Wildman–Crippen LogP) is 4.32. The molecule has 1 aliphatic rings. The lowest BCUT2D eigenvalue weighted by Crippen LogP contribution is -2.22. The molecule has 0 bridgehead atoms. The number of aromatic nitrogens is 1. The summed E-state index contributed by atoms with van der Waals surface area (Å²) in [7, 11) is -1.23. The lowest BCUT2D eigenvalue weighted by atomic mass is 10.0. The van der Waals surface area contributed by atoms with Gasteiger partial charge in [-0.2, -0.15) is 0 Å². The SMILES string of the molecule is Nc1nc(-c2ccc(-c3ccccc3S(=O)N3CCCC3)cc2F)cs1. The Labute approximate surface area is 158 Å². The molecule has 4 rings (SSSR count). The third kappa shape index (κ3) is 3.30. The van der Waals surface area contributed by atoms with E-state index in [4.69, 9.17) is 5.73 Å². The highest BCUT2D eigenvalue weighted by molar-refractivity contribution is 7.82. The number of benzene rings is 2. The van der Waals surface area contributed by atoms with Crippen molar-refractivity contribution in [1.29, 1.82) is 0 Å². The Morgan fingerprint density at radius 2 is 1.88 bits per heavy atom. The Morgan fingerprint density at radius 1 is 1.12 bits per heavy atom. The maximum Gasteiger partial charge on any atom is 0.180 e. The van der Waals surface area contributed by atoms with Crippen LogP contribution in [-0.2, 0) is 11.0 Å². The van der Waals surface area contributed by atoms with Crippen molar-refractivity contribution >= 4 is 27.5 Å². The van der Waals surface area contributed by atoms with Crippen LogP contribution in [0.2, 0.25) is 0 Å². The zero-order chi connectivity index (χ0) is 18.1. The van der Waals surface area contributed by atoms with E-state index in [1.54, 1.807) is 11.4 Å². The molecule has 134 valence electrons. The molecule has 2 N–H and O–H groups in total. The van der Waals surface area contributed by atoms with E-state index in [1.807, 2.05) is 34.6 Å². The molecule has 0 radical (unpaired) electrons. The van der Waals surface area contributed by atoms with Gasteiger partial charge in [0.1, 0.15) is 16.8 Å². The lowest BCUT2D eigenvalue weighted by molar-refractivity contribution is 0.536. The summed E-state index contributed by atoms with van der Waals surface area (Å²) in [4.78, 5) is 4.86. The number of rotatable bonds is 4. The molecule has 1 fully saturated rings. The van der Waals surface area contributed by atoms with Gasteiger partial charge in [0.05, 0.1) is 10.6 Å². The molecule has 26 heavy (non-hydrogen) atoms. The second-order valence-corrected chi connectivity index (χ2v) is 8.49. The van der Waals surface area contributed by atoms with Gasteiger partial charge in [0.25, 0.3) is 0 Å².